The van der Waals surface area contributed by atoms with Crippen molar-refractivity contribution in [3.63, 3.8) is 0 Å². The fourth-order valence-electron chi connectivity index (χ4n) is 3.44. The van der Waals surface area contributed by atoms with E-state index in [1.807, 2.05) is 18.5 Å². The van der Waals surface area contributed by atoms with Gasteiger partial charge in [-0.05, 0) is 23.6 Å². The number of nitrogen functional groups attached to an aromatic ring is 1. The Balaban J connectivity index is 1.88. The second-order valence-corrected chi connectivity index (χ2v) is 6.97. The summed E-state index contributed by atoms with van der Waals surface area (Å²) >= 11 is 0. The monoisotopic (exact) mass is 375 g/mol. The Morgan fingerprint density at radius 1 is 1.07 bits per heavy atom. The van der Waals surface area contributed by atoms with E-state index in [9.17, 15) is 0 Å². The standard InChI is InChI=1S/C21H25N7/c1-2-3-4-17-25-19-20(18(26-27-21(19)23)16-9-10-24-12-16)28(17)13-15-7-5-14(11-22)6-8-15/h5-10,12,24H,2-4,11,13,22H2,1H3,(H2,23,27). The number of aryl methyl sites for hydroxylation is 1. The third kappa shape index (κ3) is 3.36. The summed E-state index contributed by atoms with van der Waals surface area (Å²) in [6.07, 6.45) is 6.85. The predicted octanol–water partition coefficient (Wildman–Crippen LogP) is 3.25. The van der Waals surface area contributed by atoms with Gasteiger partial charge in [0.1, 0.15) is 22.6 Å². The minimum atomic E-state index is 0.365. The Labute approximate surface area is 163 Å². The van der Waals surface area contributed by atoms with Gasteiger partial charge < -0.3 is 21.0 Å². The van der Waals surface area contributed by atoms with Crippen LogP contribution in [0.4, 0.5) is 5.82 Å². The van der Waals surface area contributed by atoms with Gasteiger partial charge in [0.05, 0.1) is 0 Å². The Bertz CT molecular complexity index is 1060. The minimum absolute atomic E-state index is 0.365. The van der Waals surface area contributed by atoms with E-state index in [4.69, 9.17) is 16.5 Å². The van der Waals surface area contributed by atoms with Crippen LogP contribution >= 0.6 is 0 Å². The van der Waals surface area contributed by atoms with Crippen molar-refractivity contribution in [2.75, 3.05) is 5.73 Å². The number of fused-ring (bicyclic) bond motifs is 1. The molecule has 0 aliphatic heterocycles. The van der Waals surface area contributed by atoms with E-state index in [2.05, 4.69) is 50.9 Å². The molecule has 0 atom stereocenters. The van der Waals surface area contributed by atoms with Crippen LogP contribution < -0.4 is 11.5 Å². The van der Waals surface area contributed by atoms with Crippen molar-refractivity contribution in [2.45, 2.75) is 39.3 Å². The lowest BCUT2D eigenvalue weighted by Crippen LogP contribution is -2.07. The molecule has 4 aromatic rings. The van der Waals surface area contributed by atoms with Gasteiger partial charge in [0.25, 0.3) is 0 Å². The van der Waals surface area contributed by atoms with Crippen molar-refractivity contribution in [3.05, 3.63) is 59.7 Å². The number of anilines is 1. The number of aromatic amines is 1. The van der Waals surface area contributed by atoms with E-state index in [1.165, 1.54) is 5.56 Å². The van der Waals surface area contributed by atoms with Crippen LogP contribution in [-0.2, 0) is 19.5 Å². The number of H-pyrrole nitrogens is 1. The Hall–Kier alpha value is -3.19. The average Bonchev–Trinajstić information content (AvgIpc) is 3.37. The van der Waals surface area contributed by atoms with Gasteiger partial charge in [0.15, 0.2) is 5.82 Å². The molecule has 0 aliphatic rings. The molecule has 0 spiro atoms. The number of rotatable bonds is 7. The average molecular weight is 375 g/mol. The van der Waals surface area contributed by atoms with Crippen molar-refractivity contribution in [1.29, 1.82) is 0 Å². The van der Waals surface area contributed by atoms with E-state index >= 15 is 0 Å². The highest BCUT2D eigenvalue weighted by Gasteiger charge is 2.20. The molecule has 1 aromatic carbocycles. The summed E-state index contributed by atoms with van der Waals surface area (Å²) in [5.74, 6) is 1.38. The molecule has 0 saturated carbocycles. The molecule has 0 saturated heterocycles. The highest BCUT2D eigenvalue weighted by molar-refractivity contribution is 5.95. The van der Waals surface area contributed by atoms with E-state index in [0.29, 0.717) is 18.9 Å². The third-order valence-electron chi connectivity index (χ3n) is 5.00. The van der Waals surface area contributed by atoms with Gasteiger partial charge in [0.2, 0.25) is 0 Å². The first-order valence-electron chi connectivity index (χ1n) is 9.63. The molecule has 3 heterocycles. The Morgan fingerprint density at radius 2 is 1.86 bits per heavy atom. The molecule has 7 nitrogen and oxygen atoms in total. The smallest absolute Gasteiger partial charge is 0.174 e. The number of hydrogen-bond donors (Lipinski definition) is 3. The molecule has 7 heteroatoms. The van der Waals surface area contributed by atoms with E-state index < -0.39 is 0 Å². The van der Waals surface area contributed by atoms with Crippen LogP contribution in [0.5, 0.6) is 0 Å². The second kappa shape index (κ2) is 7.82. The van der Waals surface area contributed by atoms with Gasteiger partial charge >= 0.3 is 0 Å². The number of benzene rings is 1. The molecule has 0 fully saturated rings. The lowest BCUT2D eigenvalue weighted by atomic mass is 10.1. The number of nitrogens with one attached hydrogen (secondary N) is 1. The Morgan fingerprint density at radius 3 is 2.54 bits per heavy atom. The summed E-state index contributed by atoms with van der Waals surface area (Å²) in [7, 11) is 0. The van der Waals surface area contributed by atoms with E-state index in [1.54, 1.807) is 0 Å². The van der Waals surface area contributed by atoms with Crippen LogP contribution in [0.2, 0.25) is 0 Å². The second-order valence-electron chi connectivity index (χ2n) is 6.97. The van der Waals surface area contributed by atoms with Crippen LogP contribution in [0.3, 0.4) is 0 Å². The van der Waals surface area contributed by atoms with Crippen molar-refractivity contribution < 1.29 is 0 Å². The zero-order valence-corrected chi connectivity index (χ0v) is 16.0. The molecule has 0 aliphatic carbocycles. The number of nitrogens with zero attached hydrogens (tertiary/aromatic N) is 4. The fourth-order valence-corrected chi connectivity index (χ4v) is 3.44. The van der Waals surface area contributed by atoms with Crippen LogP contribution in [-0.4, -0.2) is 24.7 Å². The van der Waals surface area contributed by atoms with Crippen molar-refractivity contribution in [3.8, 4) is 11.3 Å². The SMILES string of the molecule is CCCCc1nc2c(N)nnc(-c3cc[nH]c3)c2n1Cc1ccc(CN)cc1. The summed E-state index contributed by atoms with van der Waals surface area (Å²) in [4.78, 5) is 7.95. The summed E-state index contributed by atoms with van der Waals surface area (Å²) in [5.41, 5.74) is 17.6. The highest BCUT2D eigenvalue weighted by atomic mass is 15.2. The first-order valence-corrected chi connectivity index (χ1v) is 9.63. The summed E-state index contributed by atoms with van der Waals surface area (Å²) in [5, 5.41) is 8.55. The zero-order valence-electron chi connectivity index (χ0n) is 16.0. The van der Waals surface area contributed by atoms with E-state index in [-0.39, 0.29) is 0 Å². The molecule has 0 unspecified atom stereocenters. The lowest BCUT2D eigenvalue weighted by molar-refractivity contribution is 0.689. The van der Waals surface area contributed by atoms with Crippen molar-refractivity contribution in [2.24, 2.45) is 5.73 Å². The molecule has 5 N–H and O–H groups in total. The first-order chi connectivity index (χ1) is 13.7. The maximum Gasteiger partial charge on any atom is 0.174 e. The molecule has 4 rings (SSSR count). The number of aromatic nitrogens is 5. The molecule has 3 aromatic heterocycles. The van der Waals surface area contributed by atoms with Crippen LogP contribution in [0.25, 0.3) is 22.3 Å². The molecule has 0 amide bonds. The maximum absolute atomic E-state index is 6.15. The Kier molecular flexibility index (Phi) is 5.08. The lowest BCUT2D eigenvalue weighted by Gasteiger charge is -2.11. The molecule has 0 radical (unpaired) electrons. The van der Waals surface area contributed by atoms with Crippen LogP contribution in [0, 0.1) is 0 Å². The summed E-state index contributed by atoms with van der Waals surface area (Å²) in [6, 6.07) is 10.4. The zero-order chi connectivity index (χ0) is 19.5. The number of imidazole rings is 1. The first kappa shape index (κ1) is 18.2. The normalized spacial score (nSPS) is 11.4. The molecular formula is C21H25N7. The van der Waals surface area contributed by atoms with Gasteiger partial charge in [0, 0.05) is 37.5 Å². The predicted molar refractivity (Wildman–Crippen MR) is 112 cm³/mol. The van der Waals surface area contributed by atoms with Gasteiger partial charge in [-0.25, -0.2) is 4.98 Å². The topological polar surface area (TPSA) is 111 Å². The largest absolute Gasteiger partial charge is 0.380 e. The molecule has 28 heavy (non-hydrogen) atoms. The van der Waals surface area contributed by atoms with Gasteiger partial charge in [-0.15, -0.1) is 10.2 Å². The molecule has 0 bridgehead atoms. The summed E-state index contributed by atoms with van der Waals surface area (Å²) in [6.45, 7) is 3.42. The van der Waals surface area contributed by atoms with Crippen molar-refractivity contribution >= 4 is 16.9 Å². The van der Waals surface area contributed by atoms with Gasteiger partial charge in [-0.3, -0.25) is 0 Å². The van der Waals surface area contributed by atoms with Gasteiger partial charge in [-0.1, -0.05) is 37.6 Å². The quantitative estimate of drug-likeness (QED) is 0.459. The van der Waals surface area contributed by atoms with Crippen molar-refractivity contribution in [1.82, 2.24) is 24.7 Å². The minimum Gasteiger partial charge on any atom is -0.380 e. The number of nitrogens with two attached hydrogens (primary N) is 2. The summed E-state index contributed by atoms with van der Waals surface area (Å²) < 4.78 is 2.23. The molecular weight excluding hydrogens is 350 g/mol. The number of unbranched alkanes of at least 4 members (excludes halogenated alkanes) is 1. The third-order valence-corrected chi connectivity index (χ3v) is 5.00. The number of hydrogen-bond acceptors (Lipinski definition) is 5. The highest BCUT2D eigenvalue weighted by Crippen LogP contribution is 2.30. The van der Waals surface area contributed by atoms with Gasteiger partial charge in [-0.2, -0.15) is 0 Å². The van der Waals surface area contributed by atoms with Crippen LogP contribution in [0.1, 0.15) is 36.7 Å². The maximum atomic E-state index is 6.15. The molecule has 144 valence electrons. The fraction of sp³-hybridized carbons (Fsp3) is 0.286. The van der Waals surface area contributed by atoms with Crippen LogP contribution in [0.15, 0.2) is 42.7 Å². The van der Waals surface area contributed by atoms with E-state index in [0.717, 1.165) is 52.9 Å².